The molecule has 0 aromatic rings. The summed E-state index contributed by atoms with van der Waals surface area (Å²) in [5.74, 6) is 0.751. The molecule has 0 aromatic heterocycles. The van der Waals surface area contributed by atoms with E-state index in [0.717, 1.165) is 0 Å². The van der Waals surface area contributed by atoms with Crippen molar-refractivity contribution in [2.45, 2.75) is 13.3 Å². The number of thioether (sulfide) groups is 1. The molecule has 0 aromatic carbocycles. The lowest BCUT2D eigenvalue weighted by Crippen LogP contribution is -2.21. The molecule has 0 rings (SSSR count). The summed E-state index contributed by atoms with van der Waals surface area (Å²) in [5, 5.41) is 11.9. The second kappa shape index (κ2) is 5.88. The lowest BCUT2D eigenvalue weighted by atomic mass is 10.4. The topological polar surface area (TPSA) is 52.9 Å². The van der Waals surface area contributed by atoms with Crippen LogP contribution < -0.4 is 0 Å². The molecule has 0 aliphatic carbocycles. The molecule has 0 fully saturated rings. The van der Waals surface area contributed by atoms with Crippen LogP contribution in [0.5, 0.6) is 0 Å². The summed E-state index contributed by atoms with van der Waals surface area (Å²) in [6.07, 6.45) is 0.477. The van der Waals surface area contributed by atoms with Gasteiger partial charge in [0.1, 0.15) is 5.04 Å². The Bertz CT molecular complexity index is 180. The Hall–Kier alpha value is -0.710. The fourth-order valence-corrected chi connectivity index (χ4v) is 1.17. The molecule has 0 bridgehead atoms. The highest BCUT2D eigenvalue weighted by atomic mass is 32.2. The molecule has 1 N–H and O–H groups in total. The molecule has 0 saturated carbocycles. The van der Waals surface area contributed by atoms with Gasteiger partial charge >= 0.3 is 0 Å². The molecule has 0 heterocycles. The first-order valence-corrected chi connectivity index (χ1v) is 4.58. The Balaban J connectivity index is 3.51. The molecule has 1 amide bonds. The van der Waals surface area contributed by atoms with E-state index in [2.05, 4.69) is 5.16 Å². The molecule has 4 nitrogen and oxygen atoms in total. The molecule has 0 unspecified atom stereocenters. The highest BCUT2D eigenvalue weighted by molar-refractivity contribution is 8.13. The largest absolute Gasteiger partial charge is 0.410 e. The average Bonchev–Trinajstić information content (AvgIpc) is 2.03. The quantitative estimate of drug-likeness (QED) is 0.313. The smallest absolute Gasteiger partial charge is 0.222 e. The number of rotatable bonds is 3. The van der Waals surface area contributed by atoms with Gasteiger partial charge in [0.05, 0.1) is 0 Å². The fraction of sp³-hybridized carbons (Fsp3) is 0.714. The molecule has 5 heteroatoms. The van der Waals surface area contributed by atoms with Crippen molar-refractivity contribution in [2.24, 2.45) is 5.16 Å². The molecule has 0 aliphatic rings. The van der Waals surface area contributed by atoms with E-state index in [-0.39, 0.29) is 5.91 Å². The van der Waals surface area contributed by atoms with E-state index in [4.69, 9.17) is 5.21 Å². The van der Waals surface area contributed by atoms with Crippen LogP contribution in [0.2, 0.25) is 0 Å². The second-order valence-corrected chi connectivity index (χ2v) is 3.79. The molecule has 70 valence electrons. The SMILES string of the molecule is CC(=NO)SCCC(=O)N(C)C. The summed E-state index contributed by atoms with van der Waals surface area (Å²) in [6, 6.07) is 0. The Morgan fingerprint density at radius 2 is 2.17 bits per heavy atom. The molecule has 12 heavy (non-hydrogen) atoms. The number of carbonyl (C=O) groups is 1. The van der Waals surface area contributed by atoms with Crippen LogP contribution in [0.15, 0.2) is 5.16 Å². The molecule has 0 aliphatic heterocycles. The maximum Gasteiger partial charge on any atom is 0.222 e. The number of oxime groups is 1. The van der Waals surface area contributed by atoms with E-state index in [9.17, 15) is 4.79 Å². The third-order valence-corrected chi connectivity index (χ3v) is 2.17. The first kappa shape index (κ1) is 11.3. The minimum absolute atomic E-state index is 0.0910. The summed E-state index contributed by atoms with van der Waals surface area (Å²) in [5.41, 5.74) is 0. The first-order valence-electron chi connectivity index (χ1n) is 3.59. The zero-order valence-electron chi connectivity index (χ0n) is 7.57. The van der Waals surface area contributed by atoms with Crippen molar-refractivity contribution in [2.75, 3.05) is 19.8 Å². The normalized spacial score (nSPS) is 11.4. The molecular weight excluding hydrogens is 176 g/mol. The van der Waals surface area contributed by atoms with E-state index >= 15 is 0 Å². The number of nitrogens with zero attached hydrogens (tertiary/aromatic N) is 2. The third-order valence-electron chi connectivity index (χ3n) is 1.27. The van der Waals surface area contributed by atoms with Crippen LogP contribution in [0.4, 0.5) is 0 Å². The predicted octanol–water partition coefficient (Wildman–Crippen LogP) is 1.01. The lowest BCUT2D eigenvalue weighted by Gasteiger charge is -2.08. The van der Waals surface area contributed by atoms with Crippen LogP contribution in [0.3, 0.4) is 0 Å². The zero-order chi connectivity index (χ0) is 9.56. The number of hydrogen-bond acceptors (Lipinski definition) is 4. The van der Waals surface area contributed by atoms with Gasteiger partial charge in [-0.25, -0.2) is 0 Å². The molecular formula is C7H14N2O2S. The van der Waals surface area contributed by atoms with Crippen molar-refractivity contribution in [1.29, 1.82) is 0 Å². The fourth-order valence-electron chi connectivity index (χ4n) is 0.539. The van der Waals surface area contributed by atoms with Crippen molar-refractivity contribution in [3.05, 3.63) is 0 Å². The Morgan fingerprint density at radius 3 is 2.58 bits per heavy atom. The standard InChI is InChI=1S/C7H14N2O2S/c1-6(8-11)12-5-4-7(10)9(2)3/h11H,4-5H2,1-3H3. The second-order valence-electron chi connectivity index (χ2n) is 2.51. The summed E-state index contributed by atoms with van der Waals surface area (Å²) >= 11 is 1.37. The molecule has 0 spiro atoms. The van der Waals surface area contributed by atoms with Crippen molar-refractivity contribution in [3.8, 4) is 0 Å². The number of hydrogen-bond donors (Lipinski definition) is 1. The van der Waals surface area contributed by atoms with Gasteiger partial charge in [0, 0.05) is 26.3 Å². The van der Waals surface area contributed by atoms with Crippen molar-refractivity contribution < 1.29 is 10.0 Å². The van der Waals surface area contributed by atoms with E-state index in [1.54, 1.807) is 25.9 Å². The van der Waals surface area contributed by atoms with Crippen LogP contribution in [-0.2, 0) is 4.79 Å². The molecule has 0 radical (unpaired) electrons. The highest BCUT2D eigenvalue weighted by Crippen LogP contribution is 2.05. The van der Waals surface area contributed by atoms with Gasteiger partial charge in [0.25, 0.3) is 0 Å². The Morgan fingerprint density at radius 1 is 1.58 bits per heavy atom. The molecule has 0 saturated heterocycles. The van der Waals surface area contributed by atoms with Crippen molar-refractivity contribution in [3.63, 3.8) is 0 Å². The van der Waals surface area contributed by atoms with Gasteiger partial charge in [-0.2, -0.15) is 0 Å². The van der Waals surface area contributed by atoms with Crippen LogP contribution in [0, 0.1) is 0 Å². The first-order chi connectivity index (χ1) is 5.57. The maximum absolute atomic E-state index is 11.0. The van der Waals surface area contributed by atoms with E-state index in [0.29, 0.717) is 17.2 Å². The van der Waals surface area contributed by atoms with Gasteiger partial charge in [-0.05, 0) is 6.92 Å². The van der Waals surface area contributed by atoms with E-state index in [1.807, 2.05) is 0 Å². The van der Waals surface area contributed by atoms with E-state index in [1.165, 1.54) is 11.8 Å². The van der Waals surface area contributed by atoms with Gasteiger partial charge in [0.15, 0.2) is 0 Å². The summed E-state index contributed by atoms with van der Waals surface area (Å²) in [4.78, 5) is 12.6. The number of amides is 1. The van der Waals surface area contributed by atoms with Gasteiger partial charge in [-0.15, -0.1) is 11.8 Å². The predicted molar refractivity (Wildman–Crippen MR) is 50.7 cm³/mol. The van der Waals surface area contributed by atoms with Gasteiger partial charge < -0.3 is 10.1 Å². The minimum Gasteiger partial charge on any atom is -0.410 e. The molecule has 0 atom stereocenters. The van der Waals surface area contributed by atoms with Gasteiger partial charge in [-0.1, -0.05) is 5.16 Å². The van der Waals surface area contributed by atoms with Gasteiger partial charge in [0.2, 0.25) is 5.91 Å². The van der Waals surface area contributed by atoms with Crippen molar-refractivity contribution in [1.82, 2.24) is 4.90 Å². The Kier molecular flexibility index (Phi) is 5.53. The lowest BCUT2D eigenvalue weighted by molar-refractivity contribution is -0.128. The van der Waals surface area contributed by atoms with Gasteiger partial charge in [-0.3, -0.25) is 4.79 Å². The summed E-state index contributed by atoms with van der Waals surface area (Å²) < 4.78 is 0. The summed E-state index contributed by atoms with van der Waals surface area (Å²) in [6.45, 7) is 1.70. The summed E-state index contributed by atoms with van der Waals surface area (Å²) in [7, 11) is 3.44. The minimum atomic E-state index is 0.0910. The van der Waals surface area contributed by atoms with Crippen LogP contribution in [0.25, 0.3) is 0 Å². The third kappa shape index (κ3) is 5.01. The van der Waals surface area contributed by atoms with Crippen LogP contribution in [-0.4, -0.2) is 40.9 Å². The zero-order valence-corrected chi connectivity index (χ0v) is 8.39. The highest BCUT2D eigenvalue weighted by Gasteiger charge is 2.03. The Labute approximate surface area is 76.6 Å². The van der Waals surface area contributed by atoms with E-state index < -0.39 is 0 Å². The number of carbonyl (C=O) groups excluding carboxylic acids is 1. The monoisotopic (exact) mass is 190 g/mol. The van der Waals surface area contributed by atoms with Crippen molar-refractivity contribution >= 4 is 22.7 Å². The van der Waals surface area contributed by atoms with Crippen LogP contribution in [0.1, 0.15) is 13.3 Å². The van der Waals surface area contributed by atoms with Crippen LogP contribution >= 0.6 is 11.8 Å². The maximum atomic E-state index is 11.0. The average molecular weight is 190 g/mol.